The average molecular weight is 485 g/mol. The largest absolute Gasteiger partial charge is 0 e. The van der Waals surface area contributed by atoms with Gasteiger partial charge < -0.3 is 0 Å². The van der Waals surface area contributed by atoms with Crippen molar-refractivity contribution in [3.05, 3.63) is 0 Å². The summed E-state index contributed by atoms with van der Waals surface area (Å²) in [5.41, 5.74) is 0. The van der Waals surface area contributed by atoms with Gasteiger partial charge in [0.25, 0.3) is 0 Å². The zero-order valence-electron chi connectivity index (χ0n) is 2.82. The van der Waals surface area contributed by atoms with Crippen molar-refractivity contribution in [2.45, 2.75) is 0 Å². The third-order valence-corrected chi connectivity index (χ3v) is 0. The van der Waals surface area contributed by atoms with Gasteiger partial charge in [-0.3, -0.25) is 0 Å². The third-order valence-electron chi connectivity index (χ3n) is 0. The summed E-state index contributed by atoms with van der Waals surface area (Å²) in [6, 6.07) is 0. The summed E-state index contributed by atoms with van der Waals surface area (Å²) in [4.78, 5) is 0. The number of rotatable bonds is 0. The van der Waals surface area contributed by atoms with Gasteiger partial charge in [0.1, 0.15) is 0 Å². The van der Waals surface area contributed by atoms with Crippen LogP contribution in [-0.4, -0.2) is 0 Å². The van der Waals surface area contributed by atoms with Gasteiger partial charge in [0, 0.05) is 43.4 Å². The Kier molecular flexibility index (Phi) is 180. The molecular formula is Hf2O2Ti2. The Morgan fingerprint density at radius 2 is 0.667 bits per heavy atom. The van der Waals surface area contributed by atoms with E-state index in [1.54, 1.807) is 0 Å². The van der Waals surface area contributed by atoms with Gasteiger partial charge in [-0.15, -0.1) is 0 Å². The Hall–Kier alpha value is 2.77. The van der Waals surface area contributed by atoms with Gasteiger partial charge in [0.15, 0.2) is 0 Å². The van der Waals surface area contributed by atoms with Crippen molar-refractivity contribution in [1.29, 1.82) is 0 Å². The van der Waals surface area contributed by atoms with Crippen LogP contribution in [0.3, 0.4) is 0 Å². The standard InChI is InChI=1S/2Hf.2O.2Ti. The minimum atomic E-state index is 0. The molecule has 0 saturated carbocycles. The van der Waals surface area contributed by atoms with E-state index in [1.807, 2.05) is 0 Å². The summed E-state index contributed by atoms with van der Waals surface area (Å²) >= 11 is 0.111. The van der Waals surface area contributed by atoms with Crippen LogP contribution in [0, 0.1) is 0 Å². The van der Waals surface area contributed by atoms with Crippen molar-refractivity contribution in [3.8, 4) is 0 Å². The number of hydrogen-bond donors (Lipinski definition) is 0. The average Bonchev–Trinajstić information content (AvgIpc) is 1.50. The van der Waals surface area contributed by atoms with Gasteiger partial charge in [-0.25, -0.2) is 0 Å². The van der Waals surface area contributed by atoms with Crippen LogP contribution in [0.1, 0.15) is 0 Å². The first-order chi connectivity index (χ1) is 2.00. The maximum atomic E-state index is 8.39. The molecule has 0 aliphatic rings. The smallest absolute Gasteiger partial charge is 0 e. The molecule has 0 N–H and O–H groups in total. The van der Waals surface area contributed by atoms with Gasteiger partial charge in [-0.1, -0.05) is 0 Å². The minimum absolute atomic E-state index is 0. The molecule has 0 fully saturated rings. The van der Waals surface area contributed by atoms with Crippen molar-refractivity contribution in [3.63, 3.8) is 0 Å². The van der Waals surface area contributed by atoms with Gasteiger partial charge in [0.2, 0.25) is 0 Å². The van der Waals surface area contributed by atoms with Gasteiger partial charge in [-0.2, -0.15) is 0 Å². The van der Waals surface area contributed by atoms with Crippen molar-refractivity contribution < 1.29 is 97.9 Å². The van der Waals surface area contributed by atoms with Gasteiger partial charge >= 0.3 is 54.5 Å². The van der Waals surface area contributed by atoms with Crippen molar-refractivity contribution in [2.24, 2.45) is 0 Å². The molecule has 0 unspecified atom stereocenters. The topological polar surface area (TPSA) is 34.1 Å². The van der Waals surface area contributed by atoms with E-state index in [1.165, 1.54) is 0 Å². The van der Waals surface area contributed by atoms with Crippen LogP contribution in [0.15, 0.2) is 0 Å². The summed E-state index contributed by atoms with van der Waals surface area (Å²) in [5, 5.41) is 0. The quantitative estimate of drug-likeness (QED) is 0.445. The molecule has 0 atom stereocenters. The van der Waals surface area contributed by atoms with E-state index in [9.17, 15) is 0 Å². The molecule has 0 aromatic heterocycles. The van der Waals surface area contributed by atoms with Crippen LogP contribution in [-0.2, 0) is 97.9 Å². The molecule has 0 aliphatic heterocycles. The number of hydrogen-bond acceptors (Lipinski definition) is 2. The SMILES string of the molecule is [O]=[Hf].[O]=[Hf].[Ti].[Ti]. The molecule has 0 spiro atoms. The van der Waals surface area contributed by atoms with Crippen molar-refractivity contribution in [2.75, 3.05) is 0 Å². The fourth-order valence-corrected chi connectivity index (χ4v) is 0. The molecule has 0 heterocycles. The van der Waals surface area contributed by atoms with Crippen LogP contribution in [0.4, 0.5) is 0 Å². The van der Waals surface area contributed by atoms with E-state index < -0.39 is 0 Å². The summed E-state index contributed by atoms with van der Waals surface area (Å²) < 4.78 is 16.8. The zero-order valence-corrected chi connectivity index (χ0v) is 13.1. The fourth-order valence-electron chi connectivity index (χ4n) is 0. The Balaban J connectivity index is -0.00000000500. The molecule has 0 aliphatic carbocycles. The Bertz CT molecular complexity index is 11.5. The summed E-state index contributed by atoms with van der Waals surface area (Å²) in [6.45, 7) is 0. The van der Waals surface area contributed by atoms with E-state index in [0.717, 1.165) is 0 Å². The molecule has 0 aromatic carbocycles. The second kappa shape index (κ2) is 46.4. The van der Waals surface area contributed by atoms with E-state index >= 15 is 0 Å². The van der Waals surface area contributed by atoms with E-state index in [-0.39, 0.29) is 92.2 Å². The molecule has 6 heteroatoms. The normalized spacial score (nSPS) is 1.00. The molecule has 0 bridgehead atoms. The predicted molar refractivity (Wildman–Crippen MR) is 1.37 cm³/mol. The Morgan fingerprint density at radius 3 is 0.667 bits per heavy atom. The fraction of sp³-hybridized carbons (Fsp3) is 0. The second-order valence-corrected chi connectivity index (χ2v) is 0. The van der Waals surface area contributed by atoms with Gasteiger partial charge in [-0.05, 0) is 0 Å². The minimum Gasteiger partial charge on any atom is 0 e. The van der Waals surface area contributed by atoms with Crippen molar-refractivity contribution >= 4 is 0 Å². The zero-order chi connectivity index (χ0) is 4.00. The van der Waals surface area contributed by atoms with Crippen LogP contribution >= 0.6 is 0 Å². The maximum Gasteiger partial charge on any atom is 0 e. The molecule has 0 rings (SSSR count). The molecule has 28 valence electrons. The van der Waals surface area contributed by atoms with Crippen LogP contribution in [0.2, 0.25) is 0 Å². The van der Waals surface area contributed by atoms with E-state index in [4.69, 9.17) is 5.71 Å². The summed E-state index contributed by atoms with van der Waals surface area (Å²) in [6.07, 6.45) is 0. The first-order valence-electron chi connectivity index (χ1n) is 0.408. The summed E-state index contributed by atoms with van der Waals surface area (Å²) in [5.74, 6) is 0. The molecule has 2 nitrogen and oxygen atoms in total. The molecule has 0 saturated heterocycles. The maximum absolute atomic E-state index is 8.39. The monoisotopic (exact) mass is 488 g/mol. The molecule has 0 amide bonds. The second-order valence-electron chi connectivity index (χ2n) is 0. The van der Waals surface area contributed by atoms with Crippen molar-refractivity contribution in [1.82, 2.24) is 0 Å². The molecule has 6 heavy (non-hydrogen) atoms. The van der Waals surface area contributed by atoms with Crippen LogP contribution in [0.5, 0.6) is 0 Å². The molecular weight excluding hydrogens is 485 g/mol. The first kappa shape index (κ1) is 23.3. The van der Waals surface area contributed by atoms with Crippen LogP contribution < -0.4 is 0 Å². The third kappa shape index (κ3) is 29.4. The van der Waals surface area contributed by atoms with Gasteiger partial charge in [0.05, 0.1) is 0 Å². The van der Waals surface area contributed by atoms with E-state index in [2.05, 4.69) is 0 Å². The molecule has 0 radical (unpaired) electrons. The Morgan fingerprint density at radius 1 is 0.667 bits per heavy atom. The van der Waals surface area contributed by atoms with Crippen LogP contribution in [0.25, 0.3) is 0 Å². The predicted octanol–water partition coefficient (Wildman–Crippen LogP) is -0.248. The Labute approximate surface area is 96.0 Å². The summed E-state index contributed by atoms with van der Waals surface area (Å²) in [7, 11) is 0. The first-order valence-corrected chi connectivity index (χ1v) is 3.34. The van der Waals surface area contributed by atoms with E-state index in [0.29, 0.717) is 0 Å². The molecule has 0 aromatic rings.